The van der Waals surface area contributed by atoms with Crippen LogP contribution in [0.2, 0.25) is 5.02 Å². The minimum Gasteiger partial charge on any atom is -0.505 e. The smallest absolute Gasteiger partial charge is 0.416 e. The van der Waals surface area contributed by atoms with Gasteiger partial charge in [0.2, 0.25) is 0 Å². The van der Waals surface area contributed by atoms with Crippen molar-refractivity contribution < 1.29 is 27.1 Å². The summed E-state index contributed by atoms with van der Waals surface area (Å²) in [7, 11) is 0. The highest BCUT2D eigenvalue weighted by Crippen LogP contribution is 2.39. The van der Waals surface area contributed by atoms with Gasteiger partial charge in [-0.3, -0.25) is 4.79 Å². The highest BCUT2D eigenvalue weighted by Gasteiger charge is 2.31. The quantitative estimate of drug-likeness (QED) is 0.197. The Morgan fingerprint density at radius 2 is 1.73 bits per heavy atom. The summed E-state index contributed by atoms with van der Waals surface area (Å²) in [6.07, 6.45) is -4.61. The number of aromatic nitrogens is 1. The fourth-order valence-corrected chi connectivity index (χ4v) is 4.99. The molecule has 0 aliphatic heterocycles. The summed E-state index contributed by atoms with van der Waals surface area (Å²) in [6.45, 7) is -0.0272. The summed E-state index contributed by atoms with van der Waals surface area (Å²) in [5.74, 6) is -1.18. The zero-order chi connectivity index (χ0) is 26.5. The Balaban J connectivity index is 1.74. The van der Waals surface area contributed by atoms with Crippen LogP contribution in [0.15, 0.2) is 90.5 Å². The van der Waals surface area contributed by atoms with Crippen molar-refractivity contribution in [3.8, 4) is 5.75 Å². The Hall–Kier alpha value is -3.76. The number of hydrogen-bond donors (Lipinski definition) is 1. The van der Waals surface area contributed by atoms with Gasteiger partial charge in [-0.15, -0.1) is 0 Å². The zero-order valence-electron chi connectivity index (χ0n) is 18.5. The van der Waals surface area contributed by atoms with Crippen molar-refractivity contribution in [1.29, 1.82) is 0 Å². The highest BCUT2D eigenvalue weighted by atomic mass is 35.5. The van der Waals surface area contributed by atoms with Gasteiger partial charge in [-0.25, -0.2) is 9.18 Å². The first-order valence-corrected chi connectivity index (χ1v) is 11.8. The van der Waals surface area contributed by atoms with Gasteiger partial charge in [0.05, 0.1) is 17.6 Å². The molecule has 3 aromatic carbocycles. The summed E-state index contributed by atoms with van der Waals surface area (Å²) in [5, 5.41) is 11.3. The van der Waals surface area contributed by atoms with Crippen LogP contribution in [0.5, 0.6) is 5.75 Å². The van der Waals surface area contributed by atoms with Crippen molar-refractivity contribution >= 4 is 45.2 Å². The van der Waals surface area contributed by atoms with E-state index >= 15 is 0 Å². The number of fused-ring (bicyclic) bond motifs is 3. The van der Waals surface area contributed by atoms with E-state index < -0.39 is 39.4 Å². The molecule has 0 amide bonds. The molecule has 2 aromatic heterocycles. The Labute approximate surface area is 214 Å². The standard InChI is InChI=1S/C26H14ClF4NO4S/c27-15-6-9-18-19(11-15)32(12-13-4-7-16(28)8-5-13)24(34)20-21(33)23(25(35)36-22(18)20)37-17-3-1-2-14(10-17)26(29,30)31/h1-11,33H,12H2. The van der Waals surface area contributed by atoms with Crippen LogP contribution in [0.4, 0.5) is 17.6 Å². The van der Waals surface area contributed by atoms with Crippen LogP contribution >= 0.6 is 23.4 Å². The molecule has 0 bridgehead atoms. The van der Waals surface area contributed by atoms with Gasteiger partial charge in [0, 0.05) is 15.3 Å². The third kappa shape index (κ3) is 4.70. The van der Waals surface area contributed by atoms with Crippen molar-refractivity contribution in [1.82, 2.24) is 4.57 Å². The normalized spacial score (nSPS) is 11.9. The third-order valence-corrected chi connectivity index (χ3v) is 6.94. The fourth-order valence-electron chi connectivity index (χ4n) is 3.93. The van der Waals surface area contributed by atoms with E-state index in [-0.39, 0.29) is 22.4 Å². The molecule has 0 atom stereocenters. The molecule has 0 saturated heterocycles. The van der Waals surface area contributed by atoms with E-state index in [0.717, 1.165) is 18.2 Å². The topological polar surface area (TPSA) is 72.4 Å². The maximum Gasteiger partial charge on any atom is 0.416 e. The Morgan fingerprint density at radius 3 is 2.43 bits per heavy atom. The average Bonchev–Trinajstić information content (AvgIpc) is 2.85. The Kier molecular flexibility index (Phi) is 6.25. The van der Waals surface area contributed by atoms with Crippen LogP contribution in [0.25, 0.3) is 21.9 Å². The van der Waals surface area contributed by atoms with E-state index in [0.29, 0.717) is 33.3 Å². The molecule has 0 radical (unpaired) electrons. The summed E-state index contributed by atoms with van der Waals surface area (Å²) in [4.78, 5) is 26.0. The zero-order valence-corrected chi connectivity index (χ0v) is 20.0. The molecule has 0 aliphatic carbocycles. The third-order valence-electron chi connectivity index (χ3n) is 5.65. The number of benzene rings is 3. The lowest BCUT2D eigenvalue weighted by Gasteiger charge is -2.15. The van der Waals surface area contributed by atoms with Crippen LogP contribution in [0, 0.1) is 5.82 Å². The summed E-state index contributed by atoms with van der Waals surface area (Å²) >= 11 is 6.70. The molecule has 1 N–H and O–H groups in total. The van der Waals surface area contributed by atoms with Crippen molar-refractivity contribution in [2.45, 2.75) is 22.5 Å². The van der Waals surface area contributed by atoms with E-state index in [2.05, 4.69) is 0 Å². The fraction of sp³-hybridized carbons (Fsp3) is 0.0769. The first kappa shape index (κ1) is 24.9. The van der Waals surface area contributed by atoms with E-state index in [9.17, 15) is 32.3 Å². The van der Waals surface area contributed by atoms with Crippen LogP contribution < -0.4 is 11.2 Å². The molecule has 5 nitrogen and oxygen atoms in total. The molecule has 188 valence electrons. The van der Waals surface area contributed by atoms with Gasteiger partial charge in [-0.2, -0.15) is 13.2 Å². The van der Waals surface area contributed by atoms with Gasteiger partial charge >= 0.3 is 11.8 Å². The molecule has 11 heteroatoms. The minimum atomic E-state index is -4.61. The number of alkyl halides is 3. The predicted molar refractivity (Wildman–Crippen MR) is 132 cm³/mol. The largest absolute Gasteiger partial charge is 0.505 e. The van der Waals surface area contributed by atoms with Gasteiger partial charge in [0.25, 0.3) is 5.56 Å². The minimum absolute atomic E-state index is 0.0102. The molecular weight excluding hydrogens is 534 g/mol. The second kappa shape index (κ2) is 9.28. The monoisotopic (exact) mass is 547 g/mol. The number of rotatable bonds is 4. The molecule has 5 aromatic rings. The van der Waals surface area contributed by atoms with Crippen molar-refractivity contribution in [3.05, 3.63) is 109 Å². The molecule has 5 rings (SSSR count). The van der Waals surface area contributed by atoms with Gasteiger partial charge in [0.15, 0.2) is 11.3 Å². The van der Waals surface area contributed by atoms with E-state index in [1.54, 1.807) is 0 Å². The van der Waals surface area contributed by atoms with Crippen molar-refractivity contribution in [2.24, 2.45) is 0 Å². The van der Waals surface area contributed by atoms with E-state index in [4.69, 9.17) is 16.0 Å². The molecular formula is C26H14ClF4NO4S. The molecule has 0 unspecified atom stereocenters. The summed E-state index contributed by atoms with van der Waals surface area (Å²) < 4.78 is 59.5. The lowest BCUT2D eigenvalue weighted by molar-refractivity contribution is -0.137. The number of pyridine rings is 1. The number of aromatic hydroxyl groups is 1. The van der Waals surface area contributed by atoms with Crippen molar-refractivity contribution in [2.75, 3.05) is 0 Å². The number of halogens is 5. The first-order valence-electron chi connectivity index (χ1n) is 10.6. The molecule has 0 spiro atoms. The molecule has 0 fully saturated rings. The first-order chi connectivity index (χ1) is 17.5. The maximum absolute atomic E-state index is 13.6. The van der Waals surface area contributed by atoms with E-state index in [1.165, 1.54) is 53.1 Å². The average molecular weight is 548 g/mol. The highest BCUT2D eigenvalue weighted by molar-refractivity contribution is 7.99. The molecule has 0 aliphatic rings. The van der Waals surface area contributed by atoms with Gasteiger partial charge in [0.1, 0.15) is 16.1 Å². The van der Waals surface area contributed by atoms with Crippen LogP contribution in [0.3, 0.4) is 0 Å². The summed E-state index contributed by atoms with van der Waals surface area (Å²) in [5.41, 5.74) is -2.02. The summed E-state index contributed by atoms with van der Waals surface area (Å²) in [6, 6.07) is 14.2. The second-order valence-electron chi connectivity index (χ2n) is 8.08. The van der Waals surface area contributed by atoms with Crippen molar-refractivity contribution in [3.63, 3.8) is 0 Å². The molecule has 0 saturated carbocycles. The van der Waals surface area contributed by atoms with Crippen LogP contribution in [0.1, 0.15) is 11.1 Å². The number of nitrogens with zero attached hydrogens (tertiary/aromatic N) is 1. The maximum atomic E-state index is 13.6. The molecule has 37 heavy (non-hydrogen) atoms. The van der Waals surface area contributed by atoms with Gasteiger partial charge < -0.3 is 14.1 Å². The van der Waals surface area contributed by atoms with Gasteiger partial charge in [-0.1, -0.05) is 41.6 Å². The molecule has 2 heterocycles. The Bertz CT molecular complexity index is 1800. The van der Waals surface area contributed by atoms with Gasteiger partial charge in [-0.05, 0) is 54.1 Å². The lowest BCUT2D eigenvalue weighted by atomic mass is 10.1. The lowest BCUT2D eigenvalue weighted by Crippen LogP contribution is -2.23. The number of hydrogen-bond acceptors (Lipinski definition) is 5. The SMILES string of the molecule is O=c1oc2c(c(O)c1Sc1cccc(C(F)(F)F)c1)c(=O)n(Cc1ccc(F)cc1)c1cc(Cl)ccc21. The Morgan fingerprint density at radius 1 is 1.00 bits per heavy atom. The predicted octanol–water partition coefficient (Wildman–Crippen LogP) is 6.82. The van der Waals surface area contributed by atoms with Crippen LogP contribution in [-0.4, -0.2) is 9.67 Å². The van der Waals surface area contributed by atoms with Crippen LogP contribution in [-0.2, 0) is 12.7 Å². The van der Waals surface area contributed by atoms with E-state index in [1.807, 2.05) is 0 Å². The second-order valence-corrected chi connectivity index (χ2v) is 9.60.